The van der Waals surface area contributed by atoms with E-state index in [0.29, 0.717) is 11.4 Å². The van der Waals surface area contributed by atoms with Crippen molar-refractivity contribution in [2.45, 2.75) is 42.9 Å². The maximum atomic E-state index is 13.1. The van der Waals surface area contributed by atoms with E-state index in [4.69, 9.17) is 4.74 Å². The van der Waals surface area contributed by atoms with Crippen LogP contribution >= 0.6 is 0 Å². The summed E-state index contributed by atoms with van der Waals surface area (Å²) in [6.45, 7) is 2.34. The van der Waals surface area contributed by atoms with E-state index in [0.717, 1.165) is 30.4 Å². The lowest BCUT2D eigenvalue weighted by Crippen LogP contribution is -2.36. The van der Waals surface area contributed by atoms with Crippen LogP contribution in [0.25, 0.3) is 0 Å². The second-order valence-corrected chi connectivity index (χ2v) is 8.58. The Balaban J connectivity index is 1.71. The molecule has 0 saturated carbocycles. The molecule has 2 heterocycles. The van der Waals surface area contributed by atoms with Crippen molar-refractivity contribution in [2.75, 3.05) is 6.54 Å². The molecule has 2 bridgehead atoms. The van der Waals surface area contributed by atoms with Gasteiger partial charge in [-0.15, -0.1) is 0 Å². The van der Waals surface area contributed by atoms with E-state index in [1.165, 1.54) is 0 Å². The Morgan fingerprint density at radius 3 is 2.50 bits per heavy atom. The number of hydrogen-bond donors (Lipinski definition) is 0. The van der Waals surface area contributed by atoms with Gasteiger partial charge in [-0.2, -0.15) is 4.31 Å². The van der Waals surface area contributed by atoms with Crippen molar-refractivity contribution in [3.8, 4) is 0 Å². The quantitative estimate of drug-likeness (QED) is 0.858. The molecule has 2 fully saturated rings. The van der Waals surface area contributed by atoms with Crippen LogP contribution in [0.15, 0.2) is 59.5 Å². The van der Waals surface area contributed by atoms with Gasteiger partial charge < -0.3 is 4.74 Å². The minimum absolute atomic E-state index is 0.340. The number of aryl methyl sites for hydroxylation is 1. The highest BCUT2D eigenvalue weighted by Gasteiger charge is 2.52. The van der Waals surface area contributed by atoms with Crippen LogP contribution in [0, 0.1) is 6.92 Å². The monoisotopic (exact) mass is 343 g/mol. The van der Waals surface area contributed by atoms with Crippen molar-refractivity contribution < 1.29 is 13.2 Å². The molecule has 2 saturated heterocycles. The molecule has 2 aromatic rings. The number of fused-ring (bicyclic) bond motifs is 2. The normalized spacial score (nSPS) is 27.3. The van der Waals surface area contributed by atoms with Gasteiger partial charge in [0.15, 0.2) is 0 Å². The first-order valence-corrected chi connectivity index (χ1v) is 9.77. The lowest BCUT2D eigenvalue weighted by Gasteiger charge is -2.32. The third-order valence-electron chi connectivity index (χ3n) is 5.05. The average molecular weight is 343 g/mol. The van der Waals surface area contributed by atoms with Gasteiger partial charge in [-0.05, 0) is 43.9 Å². The molecule has 0 aliphatic carbocycles. The Morgan fingerprint density at radius 1 is 1.08 bits per heavy atom. The number of ether oxygens (including phenoxy) is 1. The van der Waals surface area contributed by atoms with Crippen molar-refractivity contribution in [3.63, 3.8) is 0 Å². The highest BCUT2D eigenvalue weighted by atomic mass is 32.2. The molecule has 126 valence electrons. The van der Waals surface area contributed by atoms with Gasteiger partial charge in [0, 0.05) is 0 Å². The van der Waals surface area contributed by atoms with Gasteiger partial charge in [-0.1, -0.05) is 48.0 Å². The van der Waals surface area contributed by atoms with Crippen LogP contribution in [0.2, 0.25) is 0 Å². The predicted molar refractivity (Wildman–Crippen MR) is 91.9 cm³/mol. The zero-order valence-electron chi connectivity index (χ0n) is 13.7. The first-order chi connectivity index (χ1) is 11.5. The molecule has 5 heteroatoms. The van der Waals surface area contributed by atoms with Crippen LogP contribution < -0.4 is 0 Å². The van der Waals surface area contributed by atoms with Gasteiger partial charge in [0.25, 0.3) is 0 Å². The molecule has 2 aliphatic rings. The van der Waals surface area contributed by atoms with Gasteiger partial charge in [0.1, 0.15) is 11.8 Å². The molecule has 0 N–H and O–H groups in total. The van der Waals surface area contributed by atoms with Crippen LogP contribution in [0.5, 0.6) is 0 Å². The van der Waals surface area contributed by atoms with E-state index in [9.17, 15) is 8.42 Å². The van der Waals surface area contributed by atoms with Crippen LogP contribution in [-0.4, -0.2) is 25.5 Å². The Kier molecular flexibility index (Phi) is 3.75. The van der Waals surface area contributed by atoms with Crippen LogP contribution in [0.3, 0.4) is 0 Å². The van der Waals surface area contributed by atoms with Crippen molar-refractivity contribution in [1.29, 1.82) is 0 Å². The number of sulfonamides is 1. The second-order valence-electron chi connectivity index (χ2n) is 6.69. The largest absolute Gasteiger partial charge is 0.350 e. The third-order valence-corrected chi connectivity index (χ3v) is 6.90. The van der Waals surface area contributed by atoms with Gasteiger partial charge in [-0.3, -0.25) is 0 Å². The van der Waals surface area contributed by atoms with Gasteiger partial charge >= 0.3 is 0 Å². The van der Waals surface area contributed by atoms with Gasteiger partial charge in [0.05, 0.1) is 11.4 Å². The summed E-state index contributed by atoms with van der Waals surface area (Å²) in [5.41, 5.74) is 1.60. The minimum Gasteiger partial charge on any atom is -0.350 e. The number of benzene rings is 2. The molecule has 4 nitrogen and oxygen atoms in total. The van der Waals surface area contributed by atoms with Gasteiger partial charge in [0.2, 0.25) is 10.0 Å². The second kappa shape index (κ2) is 5.69. The summed E-state index contributed by atoms with van der Waals surface area (Å²) in [5, 5.41) is 0. The number of rotatable bonds is 3. The highest BCUT2D eigenvalue weighted by Crippen LogP contribution is 2.46. The van der Waals surface area contributed by atoms with E-state index < -0.39 is 15.6 Å². The van der Waals surface area contributed by atoms with E-state index in [2.05, 4.69) is 0 Å². The molecule has 0 amide bonds. The molecule has 4 rings (SSSR count). The summed E-state index contributed by atoms with van der Waals surface area (Å²) in [5.74, 6) is 0. The lowest BCUT2D eigenvalue weighted by atomic mass is 9.88. The van der Waals surface area contributed by atoms with Crippen molar-refractivity contribution in [2.24, 2.45) is 0 Å². The summed E-state index contributed by atoms with van der Waals surface area (Å²) in [6, 6.07) is 17.0. The van der Waals surface area contributed by atoms with E-state index in [-0.39, 0.29) is 6.23 Å². The summed E-state index contributed by atoms with van der Waals surface area (Å²) in [7, 11) is -3.55. The van der Waals surface area contributed by atoms with Crippen LogP contribution in [0.4, 0.5) is 0 Å². The molecule has 0 spiro atoms. The first-order valence-electron chi connectivity index (χ1n) is 8.33. The number of nitrogens with zero attached hydrogens (tertiary/aromatic N) is 1. The minimum atomic E-state index is -3.55. The smallest absolute Gasteiger partial charge is 0.245 e. The lowest BCUT2D eigenvalue weighted by molar-refractivity contribution is -0.0877. The fraction of sp³-hybridized carbons (Fsp3) is 0.368. The standard InChI is InChI=1S/C19H21NO3S/c1-15-9-11-17(12-10-15)24(21,22)20-14-19(13-5-8-18(20)23-19)16-6-3-2-4-7-16/h2-4,6-7,9-12,18H,5,8,13-14H2,1H3/t18?,19-/m0/s1. The van der Waals surface area contributed by atoms with Crippen LogP contribution in [0.1, 0.15) is 30.4 Å². The molecule has 2 aromatic carbocycles. The number of hydrogen-bond acceptors (Lipinski definition) is 3. The molecule has 1 unspecified atom stereocenters. The fourth-order valence-electron chi connectivity index (χ4n) is 3.74. The SMILES string of the molecule is Cc1ccc(S(=O)(=O)N2C[C@]3(c4ccccc4)CCCC2O3)cc1. The molecule has 0 aromatic heterocycles. The molecule has 2 aliphatic heterocycles. The summed E-state index contributed by atoms with van der Waals surface area (Å²) in [6.07, 6.45) is 2.21. The maximum absolute atomic E-state index is 13.1. The molecular formula is C19H21NO3S. The third kappa shape index (κ3) is 2.48. The Bertz CT molecular complexity index is 833. The Labute approximate surface area is 143 Å². The van der Waals surface area contributed by atoms with Crippen molar-refractivity contribution in [1.82, 2.24) is 4.31 Å². The van der Waals surface area contributed by atoms with E-state index >= 15 is 0 Å². The van der Waals surface area contributed by atoms with Gasteiger partial charge in [-0.25, -0.2) is 8.42 Å². The molecular weight excluding hydrogens is 322 g/mol. The summed E-state index contributed by atoms with van der Waals surface area (Å²) in [4.78, 5) is 0.340. The first kappa shape index (κ1) is 15.8. The zero-order valence-corrected chi connectivity index (χ0v) is 14.5. The van der Waals surface area contributed by atoms with E-state index in [1.807, 2.05) is 49.4 Å². The topological polar surface area (TPSA) is 46.6 Å². The summed E-state index contributed by atoms with van der Waals surface area (Å²) >= 11 is 0. The molecule has 2 atom stereocenters. The Hall–Kier alpha value is -1.69. The molecule has 0 radical (unpaired) electrons. The highest BCUT2D eigenvalue weighted by molar-refractivity contribution is 7.89. The average Bonchev–Trinajstić information content (AvgIpc) is 2.88. The van der Waals surface area contributed by atoms with E-state index in [1.54, 1.807) is 16.4 Å². The summed E-state index contributed by atoms with van der Waals surface area (Å²) < 4.78 is 34.0. The van der Waals surface area contributed by atoms with Crippen molar-refractivity contribution in [3.05, 3.63) is 65.7 Å². The van der Waals surface area contributed by atoms with Crippen molar-refractivity contribution >= 4 is 10.0 Å². The fourth-order valence-corrected chi connectivity index (χ4v) is 5.33. The Morgan fingerprint density at radius 2 is 1.79 bits per heavy atom. The predicted octanol–water partition coefficient (Wildman–Crippen LogP) is 3.42. The molecule has 24 heavy (non-hydrogen) atoms. The van der Waals surface area contributed by atoms with Crippen LogP contribution in [-0.2, 0) is 20.4 Å². The zero-order chi connectivity index (χ0) is 16.8. The maximum Gasteiger partial charge on any atom is 0.245 e.